The summed E-state index contributed by atoms with van der Waals surface area (Å²) in [5, 5.41) is 4.94. The number of nitrogens with one attached hydrogen (secondary N) is 1. The molecule has 1 aliphatic rings. The van der Waals surface area contributed by atoms with Crippen LogP contribution < -0.4 is 20.5 Å². The molecule has 1 fully saturated rings. The number of rotatable bonds is 6. The summed E-state index contributed by atoms with van der Waals surface area (Å²) in [6, 6.07) is 9.30. The molecule has 0 saturated carbocycles. The van der Waals surface area contributed by atoms with Crippen molar-refractivity contribution in [2.45, 2.75) is 26.7 Å². The van der Waals surface area contributed by atoms with Crippen molar-refractivity contribution < 1.29 is 9.53 Å². The average Bonchev–Trinajstić information content (AvgIpc) is 3.26. The van der Waals surface area contributed by atoms with E-state index in [0.717, 1.165) is 19.4 Å². The highest BCUT2D eigenvalue weighted by Gasteiger charge is 2.29. The smallest absolute Gasteiger partial charge is 0.277 e. The van der Waals surface area contributed by atoms with Crippen LogP contribution in [0.3, 0.4) is 0 Å². The van der Waals surface area contributed by atoms with Gasteiger partial charge in [0.15, 0.2) is 0 Å². The number of thiophene rings is 1. The second-order valence-electron chi connectivity index (χ2n) is 8.31. The first-order valence-corrected chi connectivity index (χ1v) is 11.5. The number of nitrogens with zero attached hydrogens (tertiary/aromatic N) is 3. The zero-order valence-corrected chi connectivity index (χ0v) is 18.9. The Morgan fingerprint density at radius 3 is 2.97 bits per heavy atom. The number of hydrogen-bond acceptors (Lipinski definition) is 6. The van der Waals surface area contributed by atoms with Crippen LogP contribution in [0.2, 0.25) is 0 Å². The summed E-state index contributed by atoms with van der Waals surface area (Å²) in [6.07, 6.45) is 1.71. The summed E-state index contributed by atoms with van der Waals surface area (Å²) >= 11 is 1.39. The molecule has 1 unspecified atom stereocenters. The number of aromatic nitrogens is 2. The van der Waals surface area contributed by atoms with Crippen LogP contribution in [0.25, 0.3) is 15.9 Å². The van der Waals surface area contributed by atoms with Crippen molar-refractivity contribution in [3.63, 3.8) is 0 Å². The molecule has 1 aliphatic heterocycles. The molecule has 164 valence electrons. The van der Waals surface area contributed by atoms with Crippen molar-refractivity contribution in [1.29, 1.82) is 0 Å². The lowest BCUT2D eigenvalue weighted by atomic mass is 9.97. The van der Waals surface area contributed by atoms with Crippen LogP contribution >= 0.6 is 11.3 Å². The minimum absolute atomic E-state index is 0.0743. The Morgan fingerprint density at radius 1 is 1.35 bits per heavy atom. The van der Waals surface area contributed by atoms with Gasteiger partial charge in [0, 0.05) is 25.7 Å². The maximum Gasteiger partial charge on any atom is 0.277 e. The summed E-state index contributed by atoms with van der Waals surface area (Å²) < 4.78 is 7.64. The van der Waals surface area contributed by atoms with E-state index in [9.17, 15) is 9.59 Å². The first-order valence-electron chi connectivity index (χ1n) is 10.6. The molecule has 0 radical (unpaired) electrons. The fraction of sp³-hybridized carbons (Fsp3) is 0.435. The van der Waals surface area contributed by atoms with Gasteiger partial charge in [0.05, 0.1) is 24.2 Å². The standard InChI is InChI=1S/C23H28N4O3S/c1-15(2)13-24-21(28)16-6-5-10-26(14-16)23-25-19-9-11-31-20(19)22(29)27(23)17-7-4-8-18(12-17)30-3/h4,7-9,11-12,15-16H,5-6,10,13-14H2,1-3H3,(H,24,28). The number of piperidine rings is 1. The molecular weight excluding hydrogens is 412 g/mol. The number of hydrogen-bond donors (Lipinski definition) is 1. The van der Waals surface area contributed by atoms with Gasteiger partial charge in [-0.25, -0.2) is 9.55 Å². The van der Waals surface area contributed by atoms with Crippen molar-refractivity contribution in [2.24, 2.45) is 11.8 Å². The lowest BCUT2D eigenvalue weighted by Gasteiger charge is -2.34. The van der Waals surface area contributed by atoms with Crippen LogP contribution in [0.5, 0.6) is 5.75 Å². The van der Waals surface area contributed by atoms with Crippen LogP contribution in [0.4, 0.5) is 5.95 Å². The monoisotopic (exact) mass is 440 g/mol. The predicted octanol–water partition coefficient (Wildman–Crippen LogP) is 3.44. The third kappa shape index (κ3) is 4.44. The number of anilines is 1. The first-order chi connectivity index (χ1) is 15.0. The van der Waals surface area contributed by atoms with Gasteiger partial charge in [-0.15, -0.1) is 11.3 Å². The Hall–Kier alpha value is -2.87. The van der Waals surface area contributed by atoms with Crippen LogP contribution in [-0.4, -0.2) is 42.2 Å². The van der Waals surface area contributed by atoms with Gasteiger partial charge in [-0.1, -0.05) is 19.9 Å². The number of ether oxygens (including phenoxy) is 1. The molecule has 3 aromatic rings. The van der Waals surface area contributed by atoms with Crippen molar-refractivity contribution in [3.8, 4) is 11.4 Å². The Balaban J connectivity index is 1.74. The topological polar surface area (TPSA) is 76.5 Å². The highest BCUT2D eigenvalue weighted by Crippen LogP contribution is 2.27. The second kappa shape index (κ2) is 9.09. The van der Waals surface area contributed by atoms with Crippen molar-refractivity contribution >= 4 is 33.4 Å². The van der Waals surface area contributed by atoms with E-state index in [2.05, 4.69) is 24.1 Å². The van der Waals surface area contributed by atoms with Crippen LogP contribution in [0, 0.1) is 11.8 Å². The summed E-state index contributed by atoms with van der Waals surface area (Å²) in [5.74, 6) is 1.60. The van der Waals surface area contributed by atoms with E-state index < -0.39 is 0 Å². The molecule has 8 heteroatoms. The normalized spacial score (nSPS) is 16.6. The fourth-order valence-electron chi connectivity index (χ4n) is 3.92. The Kier molecular flexibility index (Phi) is 6.27. The minimum Gasteiger partial charge on any atom is -0.497 e. The lowest BCUT2D eigenvalue weighted by molar-refractivity contribution is -0.125. The summed E-state index contributed by atoms with van der Waals surface area (Å²) in [7, 11) is 1.61. The number of methoxy groups -OCH3 is 1. The van der Waals surface area contributed by atoms with E-state index >= 15 is 0 Å². The van der Waals surface area contributed by atoms with Crippen molar-refractivity contribution in [1.82, 2.24) is 14.9 Å². The minimum atomic E-state index is -0.124. The molecular formula is C23H28N4O3S. The molecule has 1 saturated heterocycles. The Labute approximate surface area is 185 Å². The molecule has 1 atom stereocenters. The quantitative estimate of drug-likeness (QED) is 0.635. The number of benzene rings is 1. The molecule has 0 bridgehead atoms. The maximum absolute atomic E-state index is 13.4. The molecule has 1 aromatic carbocycles. The molecule has 3 heterocycles. The van der Waals surface area contributed by atoms with Gasteiger partial charge in [-0.2, -0.15) is 0 Å². The van der Waals surface area contributed by atoms with Crippen LogP contribution in [0.1, 0.15) is 26.7 Å². The lowest BCUT2D eigenvalue weighted by Crippen LogP contribution is -2.45. The van der Waals surface area contributed by atoms with Crippen LogP contribution in [0.15, 0.2) is 40.5 Å². The average molecular weight is 441 g/mol. The van der Waals surface area contributed by atoms with E-state index in [1.165, 1.54) is 11.3 Å². The largest absolute Gasteiger partial charge is 0.497 e. The van der Waals surface area contributed by atoms with Crippen molar-refractivity contribution in [3.05, 3.63) is 46.1 Å². The Morgan fingerprint density at radius 2 is 2.19 bits per heavy atom. The predicted molar refractivity (Wildman–Crippen MR) is 125 cm³/mol. The number of carbonyl (C=O) groups is 1. The van der Waals surface area contributed by atoms with Gasteiger partial charge >= 0.3 is 0 Å². The number of carbonyl (C=O) groups excluding carboxylic acids is 1. The highest BCUT2D eigenvalue weighted by molar-refractivity contribution is 7.17. The maximum atomic E-state index is 13.4. The van der Waals surface area contributed by atoms with E-state index in [1.807, 2.05) is 35.7 Å². The van der Waals surface area contributed by atoms with Crippen LogP contribution in [-0.2, 0) is 4.79 Å². The zero-order chi connectivity index (χ0) is 22.0. The SMILES string of the molecule is COc1cccc(-n2c(N3CCCC(C(=O)NCC(C)C)C3)nc3ccsc3c2=O)c1. The summed E-state index contributed by atoms with van der Waals surface area (Å²) in [6.45, 7) is 6.12. The van der Waals surface area contributed by atoms with Gasteiger partial charge in [-0.05, 0) is 42.3 Å². The number of amides is 1. The molecule has 31 heavy (non-hydrogen) atoms. The molecule has 1 N–H and O–H groups in total. The van der Waals surface area contributed by atoms with E-state index in [4.69, 9.17) is 9.72 Å². The molecule has 4 rings (SSSR count). The van der Waals surface area contributed by atoms with Gasteiger partial charge < -0.3 is 15.0 Å². The van der Waals surface area contributed by atoms with E-state index in [1.54, 1.807) is 11.7 Å². The molecule has 7 nitrogen and oxygen atoms in total. The highest BCUT2D eigenvalue weighted by atomic mass is 32.1. The number of fused-ring (bicyclic) bond motifs is 1. The first kappa shape index (κ1) is 21.4. The third-order valence-electron chi connectivity index (χ3n) is 5.53. The van der Waals surface area contributed by atoms with E-state index in [0.29, 0.717) is 46.6 Å². The molecule has 0 spiro atoms. The van der Waals surface area contributed by atoms with Gasteiger partial charge in [-0.3, -0.25) is 9.59 Å². The molecule has 2 aromatic heterocycles. The molecule has 1 amide bonds. The summed E-state index contributed by atoms with van der Waals surface area (Å²) in [4.78, 5) is 33.1. The molecule has 0 aliphatic carbocycles. The third-order valence-corrected chi connectivity index (χ3v) is 6.42. The second-order valence-corrected chi connectivity index (χ2v) is 9.23. The fourth-order valence-corrected chi connectivity index (χ4v) is 4.68. The zero-order valence-electron chi connectivity index (χ0n) is 18.1. The van der Waals surface area contributed by atoms with Crippen molar-refractivity contribution in [2.75, 3.05) is 31.6 Å². The summed E-state index contributed by atoms with van der Waals surface area (Å²) in [5.41, 5.74) is 1.29. The van der Waals surface area contributed by atoms with Gasteiger partial charge in [0.2, 0.25) is 11.9 Å². The Bertz CT molecular complexity index is 1140. The van der Waals surface area contributed by atoms with Gasteiger partial charge in [0.25, 0.3) is 5.56 Å². The van der Waals surface area contributed by atoms with E-state index in [-0.39, 0.29) is 17.4 Å². The van der Waals surface area contributed by atoms with Gasteiger partial charge in [0.1, 0.15) is 10.4 Å².